The van der Waals surface area contributed by atoms with Gasteiger partial charge in [-0.3, -0.25) is 4.90 Å². The van der Waals surface area contributed by atoms with Crippen LogP contribution in [0.2, 0.25) is 0 Å². The molecule has 1 aliphatic heterocycles. The molecule has 1 aromatic heterocycles. The Morgan fingerprint density at radius 2 is 2.00 bits per heavy atom. The molecule has 1 atom stereocenters. The molecule has 0 aliphatic carbocycles. The third-order valence-corrected chi connectivity index (χ3v) is 4.18. The zero-order valence-corrected chi connectivity index (χ0v) is 13.3. The van der Waals surface area contributed by atoms with Crippen molar-refractivity contribution < 1.29 is 9.26 Å². The lowest BCUT2D eigenvalue weighted by atomic mass is 10.2. The second kappa shape index (κ2) is 6.36. The maximum Gasteiger partial charge on any atom is 0.243 e. The number of hydrogen-bond acceptors (Lipinski definition) is 6. The van der Waals surface area contributed by atoms with Gasteiger partial charge in [-0.05, 0) is 26.0 Å². The van der Waals surface area contributed by atoms with E-state index in [1.807, 2.05) is 19.1 Å². The number of aromatic nitrogens is 2. The number of benzene rings is 1. The zero-order valence-electron chi connectivity index (χ0n) is 13.3. The average molecular weight is 302 g/mol. The van der Waals surface area contributed by atoms with Gasteiger partial charge in [0, 0.05) is 37.9 Å². The number of piperazine rings is 1. The van der Waals surface area contributed by atoms with Crippen LogP contribution in [0.25, 0.3) is 0 Å². The molecule has 0 spiro atoms. The summed E-state index contributed by atoms with van der Waals surface area (Å²) in [6, 6.07) is 8.38. The van der Waals surface area contributed by atoms with Crippen LogP contribution in [-0.2, 0) is 0 Å². The van der Waals surface area contributed by atoms with Crippen molar-refractivity contribution in [2.75, 3.05) is 38.2 Å². The topological polar surface area (TPSA) is 54.6 Å². The van der Waals surface area contributed by atoms with Crippen LogP contribution in [0.15, 0.2) is 28.8 Å². The molecule has 6 heteroatoms. The van der Waals surface area contributed by atoms with Gasteiger partial charge in [-0.25, -0.2) is 0 Å². The van der Waals surface area contributed by atoms with E-state index in [2.05, 4.69) is 39.0 Å². The van der Waals surface area contributed by atoms with Crippen molar-refractivity contribution in [1.29, 1.82) is 0 Å². The van der Waals surface area contributed by atoms with Gasteiger partial charge in [0.2, 0.25) is 5.89 Å². The Kier molecular flexibility index (Phi) is 4.29. The first-order valence-electron chi connectivity index (χ1n) is 7.60. The van der Waals surface area contributed by atoms with E-state index in [0.29, 0.717) is 11.7 Å². The fourth-order valence-electron chi connectivity index (χ4n) is 2.81. The molecule has 118 valence electrons. The first-order chi connectivity index (χ1) is 10.7. The molecule has 6 nitrogen and oxygen atoms in total. The highest BCUT2D eigenvalue weighted by Gasteiger charge is 2.25. The van der Waals surface area contributed by atoms with Gasteiger partial charge in [0.1, 0.15) is 5.75 Å². The van der Waals surface area contributed by atoms with Crippen molar-refractivity contribution in [3.63, 3.8) is 0 Å². The summed E-state index contributed by atoms with van der Waals surface area (Å²) in [4.78, 5) is 9.09. The lowest BCUT2D eigenvalue weighted by Crippen LogP contribution is -2.47. The lowest BCUT2D eigenvalue weighted by molar-refractivity contribution is 0.164. The Morgan fingerprint density at radius 1 is 1.23 bits per heavy atom. The summed E-state index contributed by atoms with van der Waals surface area (Å²) >= 11 is 0. The van der Waals surface area contributed by atoms with E-state index in [0.717, 1.165) is 31.9 Å². The molecule has 1 aliphatic rings. The minimum atomic E-state index is 0.161. The van der Waals surface area contributed by atoms with Crippen LogP contribution in [0.5, 0.6) is 5.75 Å². The minimum Gasteiger partial charge on any atom is -0.497 e. The third-order valence-electron chi connectivity index (χ3n) is 4.18. The Balaban J connectivity index is 1.62. The van der Waals surface area contributed by atoms with E-state index >= 15 is 0 Å². The molecule has 1 aromatic carbocycles. The van der Waals surface area contributed by atoms with Crippen LogP contribution in [0, 0.1) is 6.92 Å². The van der Waals surface area contributed by atoms with Crippen molar-refractivity contribution in [3.8, 4) is 5.75 Å². The summed E-state index contributed by atoms with van der Waals surface area (Å²) in [5, 5.41) is 3.88. The summed E-state index contributed by atoms with van der Waals surface area (Å²) in [6.07, 6.45) is 0. The summed E-state index contributed by atoms with van der Waals surface area (Å²) in [6.45, 7) is 7.86. The van der Waals surface area contributed by atoms with Gasteiger partial charge in [0.05, 0.1) is 13.2 Å². The Labute approximate surface area is 130 Å². The summed E-state index contributed by atoms with van der Waals surface area (Å²) in [5.41, 5.74) is 1.21. The van der Waals surface area contributed by atoms with Gasteiger partial charge < -0.3 is 14.2 Å². The first-order valence-corrected chi connectivity index (χ1v) is 7.60. The van der Waals surface area contributed by atoms with Gasteiger partial charge >= 0.3 is 0 Å². The molecule has 2 aromatic rings. The van der Waals surface area contributed by atoms with Gasteiger partial charge in [0.15, 0.2) is 5.82 Å². The van der Waals surface area contributed by atoms with Crippen molar-refractivity contribution in [2.24, 2.45) is 0 Å². The van der Waals surface area contributed by atoms with E-state index in [1.165, 1.54) is 5.69 Å². The Morgan fingerprint density at radius 3 is 2.64 bits per heavy atom. The maximum absolute atomic E-state index is 5.30. The minimum absolute atomic E-state index is 0.161. The van der Waals surface area contributed by atoms with E-state index in [4.69, 9.17) is 9.26 Å². The van der Waals surface area contributed by atoms with Gasteiger partial charge in [-0.15, -0.1) is 0 Å². The Hall–Kier alpha value is -2.08. The smallest absolute Gasteiger partial charge is 0.243 e. The van der Waals surface area contributed by atoms with Crippen molar-refractivity contribution in [3.05, 3.63) is 36.0 Å². The number of nitrogens with zero attached hydrogens (tertiary/aromatic N) is 4. The highest BCUT2D eigenvalue weighted by atomic mass is 16.5. The quantitative estimate of drug-likeness (QED) is 0.863. The van der Waals surface area contributed by atoms with E-state index < -0.39 is 0 Å². The Bertz CT molecular complexity index is 620. The molecule has 0 unspecified atom stereocenters. The van der Waals surface area contributed by atoms with E-state index in [9.17, 15) is 0 Å². The first kappa shape index (κ1) is 14.8. The molecule has 3 rings (SSSR count). The number of ether oxygens (including phenoxy) is 1. The molecule has 0 saturated carbocycles. The summed E-state index contributed by atoms with van der Waals surface area (Å²) in [7, 11) is 1.70. The predicted octanol–water partition coefficient (Wildman–Crippen LogP) is 2.27. The molecule has 0 radical (unpaired) electrons. The number of methoxy groups -OCH3 is 1. The normalized spacial score (nSPS) is 17.5. The maximum atomic E-state index is 5.30. The van der Waals surface area contributed by atoms with Crippen molar-refractivity contribution >= 4 is 5.69 Å². The van der Waals surface area contributed by atoms with Crippen LogP contribution < -0.4 is 9.64 Å². The molecule has 2 heterocycles. The summed E-state index contributed by atoms with van der Waals surface area (Å²) in [5.74, 6) is 2.29. The van der Waals surface area contributed by atoms with Gasteiger partial charge in [-0.2, -0.15) is 4.98 Å². The standard InChI is InChI=1S/C16H22N4O2/c1-12(16-17-13(2)18-22-16)19-7-9-20(10-8-19)14-5-4-6-15(11-14)21-3/h4-6,11-12H,7-10H2,1-3H3/t12-/m1/s1. The molecular weight excluding hydrogens is 280 g/mol. The predicted molar refractivity (Wildman–Crippen MR) is 84.2 cm³/mol. The molecule has 1 fully saturated rings. The van der Waals surface area contributed by atoms with Crippen molar-refractivity contribution in [2.45, 2.75) is 19.9 Å². The van der Waals surface area contributed by atoms with Crippen LogP contribution in [-0.4, -0.2) is 48.3 Å². The molecular formula is C16H22N4O2. The SMILES string of the molecule is COc1cccc(N2CCN([C@H](C)c3nc(C)no3)CC2)c1. The van der Waals surface area contributed by atoms with Crippen LogP contribution in [0.1, 0.15) is 24.7 Å². The van der Waals surface area contributed by atoms with Crippen molar-refractivity contribution in [1.82, 2.24) is 15.0 Å². The highest BCUT2D eigenvalue weighted by Crippen LogP contribution is 2.25. The molecule has 1 saturated heterocycles. The lowest BCUT2D eigenvalue weighted by Gasteiger charge is -2.38. The zero-order chi connectivity index (χ0) is 15.5. The average Bonchev–Trinajstić information content (AvgIpc) is 3.01. The van der Waals surface area contributed by atoms with Crippen LogP contribution >= 0.6 is 0 Å². The largest absolute Gasteiger partial charge is 0.497 e. The molecule has 0 amide bonds. The fraction of sp³-hybridized carbons (Fsp3) is 0.500. The molecule has 22 heavy (non-hydrogen) atoms. The van der Waals surface area contributed by atoms with Crippen LogP contribution in [0.3, 0.4) is 0 Å². The van der Waals surface area contributed by atoms with Gasteiger partial charge in [-0.1, -0.05) is 11.2 Å². The van der Waals surface area contributed by atoms with E-state index in [-0.39, 0.29) is 6.04 Å². The number of hydrogen-bond donors (Lipinski definition) is 0. The van der Waals surface area contributed by atoms with E-state index in [1.54, 1.807) is 7.11 Å². The number of rotatable bonds is 4. The van der Waals surface area contributed by atoms with Crippen LogP contribution in [0.4, 0.5) is 5.69 Å². The monoisotopic (exact) mass is 302 g/mol. The second-order valence-corrected chi connectivity index (χ2v) is 5.58. The third kappa shape index (κ3) is 3.06. The summed E-state index contributed by atoms with van der Waals surface area (Å²) < 4.78 is 10.6. The van der Waals surface area contributed by atoms with Gasteiger partial charge in [0.25, 0.3) is 0 Å². The second-order valence-electron chi connectivity index (χ2n) is 5.58. The molecule has 0 bridgehead atoms. The fourth-order valence-corrected chi connectivity index (χ4v) is 2.81. The highest BCUT2D eigenvalue weighted by molar-refractivity contribution is 5.51. The molecule has 0 N–H and O–H groups in total. The number of anilines is 1. The number of aryl methyl sites for hydroxylation is 1.